The van der Waals surface area contributed by atoms with Crippen molar-refractivity contribution in [3.8, 4) is 5.75 Å². The molecule has 0 saturated carbocycles. The molecule has 0 aromatic heterocycles. The molecule has 0 aliphatic carbocycles. The molecule has 1 rings (SSSR count). The highest BCUT2D eigenvalue weighted by molar-refractivity contribution is 9.10. The number of esters is 1. The minimum absolute atomic E-state index is 0.0276. The van der Waals surface area contributed by atoms with Crippen LogP contribution in [0.15, 0.2) is 16.6 Å². The Hall–Kier alpha value is -1.27. The van der Waals surface area contributed by atoms with Crippen molar-refractivity contribution in [3.05, 3.63) is 22.2 Å². The molecule has 6 heteroatoms. The molecule has 14 heavy (non-hydrogen) atoms. The first kappa shape index (κ1) is 10.8. The van der Waals surface area contributed by atoms with Gasteiger partial charge >= 0.3 is 5.97 Å². The maximum Gasteiger partial charge on any atom is 0.341 e. The van der Waals surface area contributed by atoms with Gasteiger partial charge in [0.15, 0.2) is 5.75 Å². The Morgan fingerprint density at radius 1 is 1.57 bits per heavy atom. The number of ether oxygens (including phenoxy) is 1. The van der Waals surface area contributed by atoms with Gasteiger partial charge in [-0.3, -0.25) is 10.7 Å². The molecule has 1 aromatic rings. The van der Waals surface area contributed by atoms with Crippen LogP contribution in [0.25, 0.3) is 0 Å². The van der Waals surface area contributed by atoms with Gasteiger partial charge in [-0.25, -0.2) is 4.79 Å². The summed E-state index contributed by atoms with van der Waals surface area (Å²) in [6, 6.07) is 2.81. The number of carbonyl (C=O) groups is 1. The lowest BCUT2D eigenvalue weighted by molar-refractivity contribution is 0.0597. The van der Waals surface area contributed by atoms with Crippen LogP contribution in [-0.2, 0) is 4.74 Å². The van der Waals surface area contributed by atoms with Crippen LogP contribution in [0.5, 0.6) is 5.75 Å². The average molecular weight is 262 g/mol. The summed E-state index contributed by atoms with van der Waals surface area (Å²) in [7, 11) is 1.20. The highest BCUT2D eigenvalue weighted by atomic mass is 79.9. The number of benzene rings is 1. The fourth-order valence-electron chi connectivity index (χ4n) is 0.950. The fraction of sp³-hybridized carbons (Fsp3) is 0.125. The topological polar surface area (TPSA) is 78.8 Å². The molecule has 0 spiro atoms. The van der Waals surface area contributed by atoms with Crippen molar-refractivity contribution in [2.24, 2.45) is 0 Å². The van der Waals surface area contributed by atoms with Crippen molar-refractivity contribution in [3.63, 3.8) is 0 Å². The molecule has 0 amide bonds. The quantitative estimate of drug-likeness (QED) is 0.430. The Balaban J connectivity index is 3.29. The normalized spacial score (nSPS) is 9.64. The highest BCUT2D eigenvalue weighted by Crippen LogP contribution is 2.31. The van der Waals surface area contributed by atoms with E-state index in [1.165, 1.54) is 19.2 Å². The third-order valence-corrected chi connectivity index (χ3v) is 2.06. The van der Waals surface area contributed by atoms with Crippen molar-refractivity contribution in [2.45, 2.75) is 0 Å². The average Bonchev–Trinajstić information content (AvgIpc) is 2.19. The maximum absolute atomic E-state index is 11.1. The Labute approximate surface area is 88.4 Å². The first-order valence-electron chi connectivity index (χ1n) is 3.61. The lowest BCUT2D eigenvalue weighted by Crippen LogP contribution is -2.03. The fourth-order valence-corrected chi connectivity index (χ4v) is 1.41. The maximum atomic E-state index is 11.1. The highest BCUT2D eigenvalue weighted by Gasteiger charge is 2.15. The minimum atomic E-state index is -0.680. The zero-order valence-corrected chi connectivity index (χ0v) is 8.83. The molecule has 0 fully saturated rings. The summed E-state index contributed by atoms with van der Waals surface area (Å²) in [4.78, 5) is 11.1. The molecular weight excluding hydrogens is 254 g/mol. The van der Waals surface area contributed by atoms with E-state index in [1.54, 1.807) is 5.48 Å². The summed E-state index contributed by atoms with van der Waals surface area (Å²) in [5.74, 6) is -1.04. The van der Waals surface area contributed by atoms with Gasteiger partial charge in [-0.15, -0.1) is 0 Å². The number of rotatable bonds is 2. The van der Waals surface area contributed by atoms with E-state index in [2.05, 4.69) is 20.7 Å². The van der Waals surface area contributed by atoms with E-state index in [-0.39, 0.29) is 17.0 Å². The second-order valence-electron chi connectivity index (χ2n) is 2.45. The molecule has 0 atom stereocenters. The Bertz CT molecular complexity index is 367. The van der Waals surface area contributed by atoms with Gasteiger partial charge in [-0.2, -0.15) is 0 Å². The first-order valence-corrected chi connectivity index (χ1v) is 4.40. The van der Waals surface area contributed by atoms with E-state index in [4.69, 9.17) is 5.21 Å². The smallest absolute Gasteiger partial charge is 0.341 e. The number of methoxy groups -OCH3 is 1. The summed E-state index contributed by atoms with van der Waals surface area (Å²) in [5, 5.41) is 18.1. The molecule has 0 unspecified atom stereocenters. The predicted molar refractivity (Wildman–Crippen MR) is 52.6 cm³/mol. The summed E-state index contributed by atoms with van der Waals surface area (Å²) >= 11 is 3.12. The van der Waals surface area contributed by atoms with Gasteiger partial charge < -0.3 is 9.84 Å². The number of hydrogen-bond acceptors (Lipinski definition) is 5. The van der Waals surface area contributed by atoms with Crippen molar-refractivity contribution in [1.29, 1.82) is 0 Å². The summed E-state index contributed by atoms with van der Waals surface area (Å²) in [6.07, 6.45) is 0. The van der Waals surface area contributed by atoms with Gasteiger partial charge in [0.05, 0.1) is 7.11 Å². The number of carbonyl (C=O) groups excluding carboxylic acids is 1. The number of phenols is 1. The molecule has 0 radical (unpaired) electrons. The van der Waals surface area contributed by atoms with Crippen LogP contribution in [0, 0.1) is 0 Å². The molecule has 0 aliphatic rings. The third kappa shape index (κ3) is 1.97. The van der Waals surface area contributed by atoms with Crippen molar-refractivity contribution >= 4 is 27.6 Å². The Morgan fingerprint density at radius 3 is 2.71 bits per heavy atom. The largest absolute Gasteiger partial charge is 0.505 e. The summed E-state index contributed by atoms with van der Waals surface area (Å²) < 4.78 is 4.98. The molecule has 0 heterocycles. The van der Waals surface area contributed by atoms with Crippen LogP contribution >= 0.6 is 15.9 Å². The van der Waals surface area contributed by atoms with Gasteiger partial charge in [-0.1, -0.05) is 15.9 Å². The van der Waals surface area contributed by atoms with Crippen LogP contribution in [0.1, 0.15) is 10.4 Å². The Morgan fingerprint density at radius 2 is 2.21 bits per heavy atom. The van der Waals surface area contributed by atoms with E-state index < -0.39 is 5.97 Å². The van der Waals surface area contributed by atoms with Crippen LogP contribution in [-0.4, -0.2) is 23.4 Å². The summed E-state index contributed by atoms with van der Waals surface area (Å²) in [5.41, 5.74) is 1.77. The number of hydrogen-bond donors (Lipinski definition) is 3. The van der Waals surface area contributed by atoms with Crippen molar-refractivity contribution in [1.82, 2.24) is 0 Å². The number of nitrogens with one attached hydrogen (secondary N) is 1. The van der Waals surface area contributed by atoms with Crippen LogP contribution < -0.4 is 5.48 Å². The predicted octanol–water partition coefficient (Wildman–Crippen LogP) is 1.74. The first-order chi connectivity index (χ1) is 6.60. The number of phenolic OH excluding ortho intramolecular Hbond substituents is 1. The monoisotopic (exact) mass is 261 g/mol. The second-order valence-corrected chi connectivity index (χ2v) is 3.37. The van der Waals surface area contributed by atoms with Crippen LogP contribution in [0.4, 0.5) is 5.69 Å². The van der Waals surface area contributed by atoms with E-state index in [9.17, 15) is 9.90 Å². The zero-order valence-electron chi connectivity index (χ0n) is 7.24. The molecule has 0 saturated heterocycles. The van der Waals surface area contributed by atoms with Crippen LogP contribution in [0.3, 0.4) is 0 Å². The molecule has 5 nitrogen and oxygen atoms in total. The molecule has 3 N–H and O–H groups in total. The van der Waals surface area contributed by atoms with Gasteiger partial charge in [0.2, 0.25) is 0 Å². The second kappa shape index (κ2) is 4.30. The van der Waals surface area contributed by atoms with Crippen LogP contribution in [0.2, 0.25) is 0 Å². The number of aromatic hydroxyl groups is 1. The van der Waals surface area contributed by atoms with E-state index in [1.807, 2.05) is 0 Å². The molecule has 76 valence electrons. The standard InChI is InChI=1S/C8H8BrNO4/c1-14-8(12)5-2-4(9)3-6(10-13)7(5)11/h2-3,10-11,13H,1H3. The van der Waals surface area contributed by atoms with Gasteiger partial charge in [0.1, 0.15) is 11.3 Å². The summed E-state index contributed by atoms with van der Waals surface area (Å²) in [6.45, 7) is 0. The Kier molecular flexibility index (Phi) is 3.32. The lowest BCUT2D eigenvalue weighted by atomic mass is 10.2. The SMILES string of the molecule is COC(=O)c1cc(Br)cc(NO)c1O. The third-order valence-electron chi connectivity index (χ3n) is 1.60. The van der Waals surface area contributed by atoms with Crippen molar-refractivity contribution in [2.75, 3.05) is 12.6 Å². The number of anilines is 1. The van der Waals surface area contributed by atoms with Gasteiger partial charge in [0.25, 0.3) is 0 Å². The zero-order chi connectivity index (χ0) is 10.7. The molecular formula is C8H8BrNO4. The van der Waals surface area contributed by atoms with Gasteiger partial charge in [-0.05, 0) is 12.1 Å². The van der Waals surface area contributed by atoms with Gasteiger partial charge in [0, 0.05) is 4.47 Å². The molecule has 0 bridgehead atoms. The van der Waals surface area contributed by atoms with E-state index in [0.717, 1.165) is 0 Å². The van der Waals surface area contributed by atoms with E-state index in [0.29, 0.717) is 4.47 Å². The molecule has 1 aromatic carbocycles. The molecule has 0 aliphatic heterocycles. The minimum Gasteiger partial charge on any atom is -0.505 e. The van der Waals surface area contributed by atoms with Crippen molar-refractivity contribution < 1.29 is 19.8 Å². The van der Waals surface area contributed by atoms with E-state index >= 15 is 0 Å². The number of halogens is 1. The lowest BCUT2D eigenvalue weighted by Gasteiger charge is -2.07.